The van der Waals surface area contributed by atoms with Crippen molar-refractivity contribution in [3.63, 3.8) is 0 Å². The summed E-state index contributed by atoms with van der Waals surface area (Å²) in [5.41, 5.74) is 1.33. The zero-order valence-corrected chi connectivity index (χ0v) is 9.80. The van der Waals surface area contributed by atoms with Crippen LogP contribution in [0, 0.1) is 6.92 Å². The molecule has 2 rings (SSSR count). The molecule has 2 heterocycles. The molecule has 0 N–H and O–H groups in total. The lowest BCUT2D eigenvalue weighted by molar-refractivity contribution is 0.613. The number of thiophene rings is 1. The first-order valence-corrected chi connectivity index (χ1v) is 6.63. The Balaban J connectivity index is 2.53. The van der Waals surface area contributed by atoms with Crippen molar-refractivity contribution in [1.82, 2.24) is 0 Å². The fraction of sp³-hybridized carbons (Fsp3) is 0.600. The number of aryl methyl sites for hydroxylation is 1. The lowest BCUT2D eigenvalue weighted by Gasteiger charge is -2.23. The summed E-state index contributed by atoms with van der Waals surface area (Å²) in [4.78, 5) is 1.29. The molecule has 72 valence electrons. The highest BCUT2D eigenvalue weighted by Gasteiger charge is 2.29. The average Bonchev–Trinajstić information content (AvgIpc) is 2.44. The molecule has 0 saturated heterocycles. The van der Waals surface area contributed by atoms with Crippen molar-refractivity contribution in [2.45, 2.75) is 42.6 Å². The molecule has 1 unspecified atom stereocenters. The van der Waals surface area contributed by atoms with E-state index in [-0.39, 0.29) is 0 Å². The van der Waals surface area contributed by atoms with Gasteiger partial charge in [-0.15, -0.1) is 11.3 Å². The van der Waals surface area contributed by atoms with Crippen LogP contribution in [-0.4, -0.2) is 9.46 Å². The Kier molecular flexibility index (Phi) is 2.32. The van der Waals surface area contributed by atoms with Crippen LogP contribution < -0.4 is 0 Å². The smallest absolute Gasteiger partial charge is 0.0950 e. The van der Waals surface area contributed by atoms with Gasteiger partial charge in [0.2, 0.25) is 0 Å². The number of rotatable bonds is 0. The maximum absolute atomic E-state index is 11.9. The van der Waals surface area contributed by atoms with Crippen LogP contribution in [-0.2, 0) is 10.8 Å². The number of hydrogen-bond acceptors (Lipinski definition) is 2. The van der Waals surface area contributed by atoms with Crippen LogP contribution >= 0.6 is 11.3 Å². The molecule has 0 aromatic carbocycles. The molecule has 0 spiro atoms. The minimum absolute atomic E-state index is 0.334. The predicted octanol–water partition coefficient (Wildman–Crippen LogP) is 3.06. The summed E-state index contributed by atoms with van der Waals surface area (Å²) in [7, 11) is -0.741. The SMILES string of the molecule is Cc1cc2c(s1)S(=O)[C@@H](C)C[C@@H]2C. The van der Waals surface area contributed by atoms with Crippen molar-refractivity contribution in [3.8, 4) is 0 Å². The van der Waals surface area contributed by atoms with E-state index in [2.05, 4.69) is 26.8 Å². The first-order chi connectivity index (χ1) is 6.09. The largest absolute Gasteiger partial charge is 0.253 e. The first-order valence-electron chi connectivity index (χ1n) is 4.60. The highest BCUT2D eigenvalue weighted by molar-refractivity contribution is 7.88. The Labute approximate surface area is 85.6 Å². The Bertz CT molecular complexity index is 354. The number of hydrogen-bond donors (Lipinski definition) is 0. The molecule has 1 nitrogen and oxygen atoms in total. The lowest BCUT2D eigenvalue weighted by atomic mass is 9.98. The van der Waals surface area contributed by atoms with Gasteiger partial charge in [0, 0.05) is 10.1 Å². The maximum atomic E-state index is 11.9. The first kappa shape index (κ1) is 9.41. The van der Waals surface area contributed by atoms with Gasteiger partial charge in [-0.3, -0.25) is 4.21 Å². The highest BCUT2D eigenvalue weighted by Crippen LogP contribution is 2.39. The van der Waals surface area contributed by atoms with Gasteiger partial charge in [-0.1, -0.05) is 13.8 Å². The average molecular weight is 214 g/mol. The zero-order chi connectivity index (χ0) is 9.59. The molecule has 1 aliphatic heterocycles. The Hall–Kier alpha value is -0.150. The van der Waals surface area contributed by atoms with Gasteiger partial charge in [-0.05, 0) is 30.9 Å². The molecular weight excluding hydrogens is 200 g/mol. The van der Waals surface area contributed by atoms with Gasteiger partial charge in [-0.2, -0.15) is 0 Å². The van der Waals surface area contributed by atoms with E-state index in [4.69, 9.17) is 0 Å². The maximum Gasteiger partial charge on any atom is 0.0950 e. The third-order valence-electron chi connectivity index (χ3n) is 2.61. The van der Waals surface area contributed by atoms with Gasteiger partial charge in [0.1, 0.15) is 0 Å². The topological polar surface area (TPSA) is 17.1 Å². The molecule has 3 heteroatoms. The molecule has 0 amide bonds. The van der Waals surface area contributed by atoms with Crippen molar-refractivity contribution in [2.75, 3.05) is 0 Å². The van der Waals surface area contributed by atoms with Crippen LogP contribution in [0.3, 0.4) is 0 Å². The van der Waals surface area contributed by atoms with Crippen molar-refractivity contribution in [1.29, 1.82) is 0 Å². The molecular formula is C10H14OS2. The zero-order valence-electron chi connectivity index (χ0n) is 8.16. The monoisotopic (exact) mass is 214 g/mol. The van der Waals surface area contributed by atoms with Crippen molar-refractivity contribution in [3.05, 3.63) is 16.5 Å². The normalized spacial score (nSPS) is 33.0. The quantitative estimate of drug-likeness (QED) is 0.648. The summed E-state index contributed by atoms with van der Waals surface area (Å²) in [5, 5.41) is 0.334. The van der Waals surface area contributed by atoms with Gasteiger partial charge < -0.3 is 0 Å². The van der Waals surface area contributed by atoms with E-state index < -0.39 is 10.8 Å². The summed E-state index contributed by atoms with van der Waals surface area (Å²) in [6, 6.07) is 2.20. The lowest BCUT2D eigenvalue weighted by Crippen LogP contribution is -2.19. The van der Waals surface area contributed by atoms with Crippen molar-refractivity contribution < 1.29 is 4.21 Å². The molecule has 1 aliphatic rings. The standard InChI is InChI=1S/C10H14OS2/c1-6-4-8(3)13(11)10-9(6)5-7(2)12-10/h5-6,8H,4H2,1-3H3/t6-,8-,13?/m0/s1. The summed E-state index contributed by atoms with van der Waals surface area (Å²) >= 11 is 1.71. The second-order valence-corrected chi connectivity index (χ2v) is 7.17. The molecule has 1 aromatic rings. The van der Waals surface area contributed by atoms with Crippen LogP contribution in [0.4, 0.5) is 0 Å². The summed E-state index contributed by atoms with van der Waals surface area (Å²) in [6.45, 7) is 6.42. The fourth-order valence-electron chi connectivity index (χ4n) is 1.91. The van der Waals surface area contributed by atoms with Gasteiger partial charge in [0.15, 0.2) is 0 Å². The van der Waals surface area contributed by atoms with Crippen LogP contribution in [0.25, 0.3) is 0 Å². The van der Waals surface area contributed by atoms with Crippen molar-refractivity contribution >= 4 is 22.1 Å². The second kappa shape index (κ2) is 3.21. The molecule has 0 aliphatic carbocycles. The molecule has 1 aromatic heterocycles. The minimum atomic E-state index is -0.741. The number of fused-ring (bicyclic) bond motifs is 1. The summed E-state index contributed by atoms with van der Waals surface area (Å²) in [5.74, 6) is 0.590. The van der Waals surface area contributed by atoms with Gasteiger partial charge in [-0.25, -0.2) is 0 Å². The van der Waals surface area contributed by atoms with E-state index in [0.29, 0.717) is 11.2 Å². The summed E-state index contributed by atoms with van der Waals surface area (Å²) < 4.78 is 13.0. The molecule has 0 radical (unpaired) electrons. The van der Waals surface area contributed by atoms with Gasteiger partial charge >= 0.3 is 0 Å². The van der Waals surface area contributed by atoms with E-state index in [1.807, 2.05) is 0 Å². The van der Waals surface area contributed by atoms with Crippen molar-refractivity contribution in [2.24, 2.45) is 0 Å². The fourth-order valence-corrected chi connectivity index (χ4v) is 5.30. The molecule has 0 bridgehead atoms. The van der Waals surface area contributed by atoms with Crippen LogP contribution in [0.15, 0.2) is 10.3 Å². The molecule has 13 heavy (non-hydrogen) atoms. The van der Waals surface area contributed by atoms with E-state index in [1.54, 1.807) is 11.3 Å². The van der Waals surface area contributed by atoms with Gasteiger partial charge in [0.25, 0.3) is 0 Å². The minimum Gasteiger partial charge on any atom is -0.253 e. The van der Waals surface area contributed by atoms with E-state index in [9.17, 15) is 4.21 Å². The third kappa shape index (κ3) is 1.48. The van der Waals surface area contributed by atoms with Crippen LogP contribution in [0.1, 0.15) is 36.6 Å². The second-order valence-electron chi connectivity index (χ2n) is 3.84. The van der Waals surface area contributed by atoms with E-state index >= 15 is 0 Å². The van der Waals surface area contributed by atoms with E-state index in [0.717, 1.165) is 10.6 Å². The Morgan fingerprint density at radius 2 is 2.23 bits per heavy atom. The molecule has 3 atom stereocenters. The molecule has 0 fully saturated rings. The highest BCUT2D eigenvalue weighted by atomic mass is 32.2. The predicted molar refractivity (Wildman–Crippen MR) is 58.0 cm³/mol. The molecule has 0 saturated carbocycles. The van der Waals surface area contributed by atoms with E-state index in [1.165, 1.54) is 10.4 Å². The van der Waals surface area contributed by atoms with Gasteiger partial charge in [0.05, 0.1) is 15.0 Å². The Morgan fingerprint density at radius 3 is 2.92 bits per heavy atom. The van der Waals surface area contributed by atoms with Crippen LogP contribution in [0.2, 0.25) is 0 Å². The Morgan fingerprint density at radius 1 is 1.54 bits per heavy atom. The van der Waals surface area contributed by atoms with Crippen LogP contribution in [0.5, 0.6) is 0 Å². The third-order valence-corrected chi connectivity index (χ3v) is 5.74. The summed E-state index contributed by atoms with van der Waals surface area (Å²) in [6.07, 6.45) is 1.07.